The Hall–Kier alpha value is -2.17. The number of aryl methyl sites for hydroxylation is 2. The van der Waals surface area contributed by atoms with Crippen LogP contribution < -0.4 is 0 Å². The van der Waals surface area contributed by atoms with E-state index < -0.39 is 30.0 Å². The van der Waals surface area contributed by atoms with E-state index in [1.54, 1.807) is 0 Å². The van der Waals surface area contributed by atoms with Crippen LogP contribution in [-0.2, 0) is 17.4 Å². The number of halogens is 5. The van der Waals surface area contributed by atoms with E-state index in [2.05, 4.69) is 122 Å². The molecule has 0 radical (unpaired) electrons. The minimum atomic E-state index is -4.83. The van der Waals surface area contributed by atoms with Crippen molar-refractivity contribution >= 4 is 43.8 Å². The van der Waals surface area contributed by atoms with Crippen molar-refractivity contribution in [2.24, 2.45) is 22.7 Å². The second kappa shape index (κ2) is 15.6. The Labute approximate surface area is 365 Å². The summed E-state index contributed by atoms with van der Waals surface area (Å²) in [4.78, 5) is 0. The first-order valence-electron chi connectivity index (χ1n) is 22.1. The van der Waals surface area contributed by atoms with Crippen molar-refractivity contribution in [2.45, 2.75) is 120 Å². The Morgan fingerprint density at radius 1 is 0.610 bits per heavy atom. The molecule has 4 bridgehead atoms. The Balaban J connectivity index is 0.00000242. The number of benzene rings is 4. The smallest absolute Gasteiger partial charge is 0.147 e. The summed E-state index contributed by atoms with van der Waals surface area (Å²) in [7, 11) is 0. The van der Waals surface area contributed by atoms with Crippen LogP contribution in [0.4, 0.5) is 13.2 Å². The van der Waals surface area contributed by atoms with E-state index in [0.29, 0.717) is 15.0 Å². The maximum Gasteiger partial charge on any atom is -0.147 e. The van der Waals surface area contributed by atoms with E-state index >= 15 is 13.2 Å². The molecule has 0 heterocycles. The molecule has 0 aliphatic heterocycles. The van der Waals surface area contributed by atoms with Gasteiger partial charge in [0.25, 0.3) is 0 Å². The molecule has 4 aromatic rings. The van der Waals surface area contributed by atoms with E-state index in [0.717, 1.165) is 24.7 Å². The van der Waals surface area contributed by atoms with E-state index in [4.69, 9.17) is 0 Å². The summed E-state index contributed by atoms with van der Waals surface area (Å²) in [5.41, 5.74) is 16.2. The maximum absolute atomic E-state index is 15.1. The quantitative estimate of drug-likeness (QED) is 0.139. The van der Waals surface area contributed by atoms with Gasteiger partial charge in [-0.15, -0.1) is 24.8 Å². The van der Waals surface area contributed by atoms with Gasteiger partial charge >= 0.3 is 343 Å². The summed E-state index contributed by atoms with van der Waals surface area (Å²) in [6.45, 7) is 6.46. The number of hydrogen-bond donors (Lipinski definition) is 0. The molecule has 6 aliphatic rings. The van der Waals surface area contributed by atoms with Crippen molar-refractivity contribution in [1.29, 1.82) is 0 Å². The molecule has 0 amide bonds. The Morgan fingerprint density at radius 2 is 1.00 bits per heavy atom. The largest absolute Gasteiger partial charge is 0.147 e. The van der Waals surface area contributed by atoms with Crippen LogP contribution in [0.3, 0.4) is 0 Å². The molecule has 0 nitrogen and oxygen atoms in total. The van der Waals surface area contributed by atoms with Crippen LogP contribution in [-0.4, -0.2) is 13.1 Å². The number of fused-ring (bicyclic) bond motifs is 6. The number of alkyl halides is 3. The van der Waals surface area contributed by atoms with Gasteiger partial charge in [-0.3, -0.25) is 0 Å². The fraction of sp³-hybridized carbons (Fsp3) is 0.462. The Bertz CT molecular complexity index is 2220. The van der Waals surface area contributed by atoms with E-state index in [1.165, 1.54) is 131 Å². The first-order valence-corrected chi connectivity index (χ1v) is 35.1. The molecule has 2 atom stereocenters. The molecule has 7 heteroatoms. The topological polar surface area (TPSA) is 0 Å². The van der Waals surface area contributed by atoms with Crippen molar-refractivity contribution in [3.8, 4) is 22.3 Å². The predicted octanol–water partition coefficient (Wildman–Crippen LogP) is 15.7. The Kier molecular flexibility index (Phi) is 11.5. The van der Waals surface area contributed by atoms with Gasteiger partial charge in [0.15, 0.2) is 0 Å². The van der Waals surface area contributed by atoms with Gasteiger partial charge in [-0.1, -0.05) is 0 Å². The van der Waals surface area contributed by atoms with Gasteiger partial charge in [0.05, 0.1) is 0 Å². The molecule has 10 rings (SSSR count). The second-order valence-electron chi connectivity index (χ2n) is 20.9. The fourth-order valence-electron chi connectivity index (χ4n) is 14.2. The molecule has 312 valence electrons. The van der Waals surface area contributed by atoms with Crippen molar-refractivity contribution < 1.29 is 30.6 Å². The number of allylic oxidation sites excluding steroid dienone is 2. The molecular weight excluding hydrogens is 872 g/mol. The number of hydrogen-bond acceptors (Lipinski definition) is 0. The van der Waals surface area contributed by atoms with E-state index in [1.807, 2.05) is 0 Å². The minimum absolute atomic E-state index is 0. The molecule has 0 saturated heterocycles. The maximum atomic E-state index is 15.1. The Morgan fingerprint density at radius 3 is 1.34 bits per heavy atom. The molecule has 2 unspecified atom stereocenters. The van der Waals surface area contributed by atoms with Crippen LogP contribution in [0, 0.1) is 36.5 Å². The first-order chi connectivity index (χ1) is 27.2. The zero-order chi connectivity index (χ0) is 39.4. The van der Waals surface area contributed by atoms with E-state index in [9.17, 15) is 0 Å². The van der Waals surface area contributed by atoms with E-state index in [-0.39, 0.29) is 32.1 Å². The van der Waals surface area contributed by atoms with Crippen LogP contribution in [0.2, 0.25) is 8.76 Å². The van der Waals surface area contributed by atoms with Crippen molar-refractivity contribution in [2.75, 3.05) is 0 Å². The van der Waals surface area contributed by atoms with Crippen molar-refractivity contribution in [3.05, 3.63) is 129 Å². The molecule has 4 aromatic carbocycles. The van der Waals surface area contributed by atoms with Gasteiger partial charge in [0.2, 0.25) is 0 Å². The van der Waals surface area contributed by atoms with Crippen molar-refractivity contribution in [1.82, 2.24) is 0 Å². The van der Waals surface area contributed by atoms with Crippen LogP contribution >= 0.6 is 24.8 Å². The average molecular weight is 933 g/mol. The van der Waals surface area contributed by atoms with Crippen LogP contribution in [0.15, 0.2) is 96.1 Å². The predicted molar refractivity (Wildman–Crippen MR) is 246 cm³/mol. The summed E-state index contributed by atoms with van der Waals surface area (Å²) in [5, 5.41) is 0. The third kappa shape index (κ3) is 7.61. The summed E-state index contributed by atoms with van der Waals surface area (Å²) in [6.07, 6.45) is 15.2. The number of rotatable bonds is 10. The molecule has 0 aromatic heterocycles. The van der Waals surface area contributed by atoms with Crippen LogP contribution in [0.1, 0.15) is 124 Å². The average Bonchev–Trinajstić information content (AvgIpc) is 4.05. The normalized spacial score (nSPS) is 27.8. The third-order valence-corrected chi connectivity index (χ3v) is 39.7. The summed E-state index contributed by atoms with van der Waals surface area (Å²) in [5.74, 6) is 1.65. The molecule has 0 spiro atoms. The van der Waals surface area contributed by atoms with Gasteiger partial charge in [-0.05, 0) is 0 Å². The third-order valence-electron chi connectivity index (χ3n) is 16.8. The second-order valence-corrected chi connectivity index (χ2v) is 49.4. The SMILES string of the molecule is Cc1ccc(-c2cccc3c2C=C(CC24CCC(CC2)C4)[CH]3[Zr]([CH3])(=[SiH2])([CH2]CC(F)(F)F)[CH]2C(CC34CCC(CC3)C4)=Cc3c(-c4ccc(C)cc4)cccc32)cc1.Cl.Cl. The summed E-state index contributed by atoms with van der Waals surface area (Å²) in [6, 6.07) is 31.5. The molecule has 0 N–H and O–H groups in total. The van der Waals surface area contributed by atoms with Crippen LogP contribution in [0.5, 0.6) is 0 Å². The van der Waals surface area contributed by atoms with Gasteiger partial charge in [0, 0.05) is 0 Å². The molecule has 4 fully saturated rings. The summed E-state index contributed by atoms with van der Waals surface area (Å²) < 4.78 is 48.1. The van der Waals surface area contributed by atoms with Gasteiger partial charge in [0.1, 0.15) is 0 Å². The monoisotopic (exact) mass is 930 g/mol. The molecule has 59 heavy (non-hydrogen) atoms. The summed E-state index contributed by atoms with van der Waals surface area (Å²) >= 11 is -4.83. The van der Waals surface area contributed by atoms with Crippen molar-refractivity contribution in [3.63, 3.8) is 0 Å². The molecular formula is C52H61Cl2F3SiZr. The van der Waals surface area contributed by atoms with Gasteiger partial charge in [-0.2, -0.15) is 0 Å². The minimum Gasteiger partial charge on any atom is -0.147 e. The zero-order valence-electron chi connectivity index (χ0n) is 35.1. The van der Waals surface area contributed by atoms with Gasteiger partial charge < -0.3 is 0 Å². The first kappa shape index (κ1) is 43.5. The van der Waals surface area contributed by atoms with Gasteiger partial charge in [-0.25, -0.2) is 0 Å². The zero-order valence-corrected chi connectivity index (χ0v) is 40.6. The standard InChI is InChI=1S/2C24H25.C3H4F3.CH3.2ClH.H2Si.Zr/c2*1-17-5-7-20(8-6-17)22-4-2-3-21-13-19(14-23(21)22)16-24-11-9-18(15-24)10-12-24;1-2-3(4,5)6;;;;;/h2*2-8,13-14,18H,9-12,15-16H2,1H3;1-2H2;1H3;2*1H;1H2;. The fourth-order valence-corrected chi connectivity index (χ4v) is 37.8. The van der Waals surface area contributed by atoms with Crippen LogP contribution in [0.25, 0.3) is 34.4 Å². The molecule has 4 saturated carbocycles. The molecule has 6 aliphatic carbocycles.